The summed E-state index contributed by atoms with van der Waals surface area (Å²) in [6.45, 7) is 2.05. The highest BCUT2D eigenvalue weighted by atomic mass is 79.9. The minimum absolute atomic E-state index is 0.186. The van der Waals surface area contributed by atoms with Crippen molar-refractivity contribution < 1.29 is 4.79 Å². The first-order chi connectivity index (χ1) is 7.65. The lowest BCUT2D eigenvalue weighted by Gasteiger charge is -2.29. The standard InChI is InChI=1S/C13H16BrNO/c1-13(9-14,11-5-3-2-4-6-11)15-12(16)10-7-8-10/h2-6,10H,7-9H2,1H3,(H,15,16). The van der Waals surface area contributed by atoms with Crippen LogP contribution in [0.25, 0.3) is 0 Å². The van der Waals surface area contributed by atoms with Crippen molar-refractivity contribution in [1.82, 2.24) is 5.32 Å². The van der Waals surface area contributed by atoms with E-state index in [1.807, 2.05) is 18.2 Å². The third-order valence-electron chi connectivity index (χ3n) is 3.03. The van der Waals surface area contributed by atoms with Gasteiger partial charge in [-0.15, -0.1) is 0 Å². The van der Waals surface area contributed by atoms with Gasteiger partial charge in [0.2, 0.25) is 5.91 Å². The monoisotopic (exact) mass is 281 g/mol. The molecule has 86 valence electrons. The number of nitrogens with one attached hydrogen (secondary N) is 1. The number of halogens is 1. The summed E-state index contributed by atoms with van der Waals surface area (Å²) in [5.74, 6) is 0.438. The fourth-order valence-electron chi connectivity index (χ4n) is 1.71. The van der Waals surface area contributed by atoms with Crippen LogP contribution >= 0.6 is 15.9 Å². The lowest BCUT2D eigenvalue weighted by Crippen LogP contribution is -2.45. The first-order valence-corrected chi connectivity index (χ1v) is 6.71. The molecule has 1 atom stereocenters. The van der Waals surface area contributed by atoms with E-state index in [0.29, 0.717) is 0 Å². The first kappa shape index (κ1) is 11.6. The van der Waals surface area contributed by atoms with Gasteiger partial charge in [-0.25, -0.2) is 0 Å². The quantitative estimate of drug-likeness (QED) is 0.845. The van der Waals surface area contributed by atoms with Crippen LogP contribution in [0.1, 0.15) is 25.3 Å². The maximum atomic E-state index is 11.8. The van der Waals surface area contributed by atoms with Crippen molar-refractivity contribution in [3.8, 4) is 0 Å². The van der Waals surface area contributed by atoms with Crippen LogP contribution in [-0.4, -0.2) is 11.2 Å². The van der Waals surface area contributed by atoms with E-state index < -0.39 is 0 Å². The molecular formula is C13H16BrNO. The molecule has 0 aliphatic heterocycles. The van der Waals surface area contributed by atoms with Gasteiger partial charge in [0, 0.05) is 11.2 Å². The maximum absolute atomic E-state index is 11.8. The van der Waals surface area contributed by atoms with Gasteiger partial charge in [-0.1, -0.05) is 46.3 Å². The Hall–Kier alpha value is -0.830. The number of amides is 1. The van der Waals surface area contributed by atoms with Crippen molar-refractivity contribution in [3.63, 3.8) is 0 Å². The van der Waals surface area contributed by atoms with Crippen LogP contribution in [-0.2, 0) is 10.3 Å². The minimum atomic E-state index is -0.305. The van der Waals surface area contributed by atoms with Gasteiger partial charge >= 0.3 is 0 Å². The highest BCUT2D eigenvalue weighted by Gasteiger charge is 2.35. The molecule has 1 aliphatic rings. The Balaban J connectivity index is 2.15. The Morgan fingerprint density at radius 2 is 2.06 bits per heavy atom. The molecule has 1 saturated carbocycles. The van der Waals surface area contributed by atoms with Crippen LogP contribution in [0.2, 0.25) is 0 Å². The molecule has 0 spiro atoms. The van der Waals surface area contributed by atoms with E-state index in [0.717, 1.165) is 23.7 Å². The van der Waals surface area contributed by atoms with Crippen LogP contribution in [0, 0.1) is 5.92 Å². The zero-order valence-electron chi connectivity index (χ0n) is 9.37. The van der Waals surface area contributed by atoms with Gasteiger partial charge in [-0.05, 0) is 25.3 Å². The molecule has 1 aliphatic carbocycles. The Bertz CT molecular complexity index is 375. The van der Waals surface area contributed by atoms with Gasteiger partial charge in [0.25, 0.3) is 0 Å². The molecule has 1 aromatic carbocycles. The number of benzene rings is 1. The molecule has 16 heavy (non-hydrogen) atoms. The molecule has 1 N–H and O–H groups in total. The van der Waals surface area contributed by atoms with E-state index in [2.05, 4.69) is 40.3 Å². The summed E-state index contributed by atoms with van der Waals surface area (Å²) < 4.78 is 0. The maximum Gasteiger partial charge on any atom is 0.223 e. The molecule has 0 heterocycles. The van der Waals surface area contributed by atoms with Crippen LogP contribution < -0.4 is 5.32 Å². The first-order valence-electron chi connectivity index (χ1n) is 5.59. The predicted molar refractivity (Wildman–Crippen MR) is 68.5 cm³/mol. The number of rotatable bonds is 4. The van der Waals surface area contributed by atoms with Gasteiger partial charge in [-0.2, -0.15) is 0 Å². The van der Waals surface area contributed by atoms with E-state index >= 15 is 0 Å². The van der Waals surface area contributed by atoms with Crippen molar-refractivity contribution in [1.29, 1.82) is 0 Å². The summed E-state index contributed by atoms with van der Waals surface area (Å²) in [5.41, 5.74) is 0.835. The molecule has 2 nitrogen and oxygen atoms in total. The van der Waals surface area contributed by atoms with Crippen LogP contribution in [0.5, 0.6) is 0 Å². The van der Waals surface area contributed by atoms with Gasteiger partial charge < -0.3 is 5.32 Å². The Morgan fingerprint density at radius 3 is 2.56 bits per heavy atom. The van der Waals surface area contributed by atoms with Crippen molar-refractivity contribution in [2.45, 2.75) is 25.3 Å². The summed E-state index contributed by atoms with van der Waals surface area (Å²) in [7, 11) is 0. The molecular weight excluding hydrogens is 266 g/mol. The van der Waals surface area contributed by atoms with Crippen molar-refractivity contribution >= 4 is 21.8 Å². The SMILES string of the molecule is CC(CBr)(NC(=O)C1CC1)c1ccccc1. The zero-order chi connectivity index (χ0) is 11.6. The summed E-state index contributed by atoms with van der Waals surface area (Å²) >= 11 is 3.49. The fourth-order valence-corrected chi connectivity index (χ4v) is 2.17. The molecule has 1 fully saturated rings. The van der Waals surface area contributed by atoms with Crippen molar-refractivity contribution in [3.05, 3.63) is 35.9 Å². The zero-order valence-corrected chi connectivity index (χ0v) is 11.0. The molecule has 3 heteroatoms. The van der Waals surface area contributed by atoms with Gasteiger partial charge in [0.05, 0.1) is 5.54 Å². The number of hydrogen-bond donors (Lipinski definition) is 1. The third kappa shape index (κ3) is 2.46. The lowest BCUT2D eigenvalue weighted by atomic mass is 9.94. The molecule has 0 bridgehead atoms. The average Bonchev–Trinajstić information content (AvgIpc) is 3.14. The van der Waals surface area contributed by atoms with Crippen LogP contribution in [0.4, 0.5) is 0 Å². The second kappa shape index (κ2) is 4.58. The van der Waals surface area contributed by atoms with E-state index in [-0.39, 0.29) is 17.4 Å². The number of carbonyl (C=O) groups excluding carboxylic acids is 1. The van der Waals surface area contributed by atoms with Gasteiger partial charge in [0.1, 0.15) is 0 Å². The second-order valence-corrected chi connectivity index (χ2v) is 5.16. The normalized spacial score (nSPS) is 18.9. The molecule has 1 unspecified atom stereocenters. The van der Waals surface area contributed by atoms with E-state index in [1.54, 1.807) is 0 Å². The Labute approximate surface area is 105 Å². The average molecular weight is 282 g/mol. The summed E-state index contributed by atoms with van der Waals surface area (Å²) in [6, 6.07) is 10.1. The fraction of sp³-hybridized carbons (Fsp3) is 0.462. The lowest BCUT2D eigenvalue weighted by molar-refractivity contribution is -0.123. The van der Waals surface area contributed by atoms with Crippen molar-refractivity contribution in [2.24, 2.45) is 5.92 Å². The highest BCUT2D eigenvalue weighted by molar-refractivity contribution is 9.09. The summed E-state index contributed by atoms with van der Waals surface area (Å²) in [5, 5.41) is 3.86. The summed E-state index contributed by atoms with van der Waals surface area (Å²) in [4.78, 5) is 11.8. The topological polar surface area (TPSA) is 29.1 Å². The molecule has 0 saturated heterocycles. The predicted octanol–water partition coefficient (Wildman–Crippen LogP) is 2.82. The highest BCUT2D eigenvalue weighted by Crippen LogP contribution is 2.31. The van der Waals surface area contributed by atoms with Gasteiger partial charge in [0.15, 0.2) is 0 Å². The van der Waals surface area contributed by atoms with Crippen molar-refractivity contribution in [2.75, 3.05) is 5.33 Å². The van der Waals surface area contributed by atoms with Crippen LogP contribution in [0.15, 0.2) is 30.3 Å². The summed E-state index contributed by atoms with van der Waals surface area (Å²) in [6.07, 6.45) is 2.08. The number of carbonyl (C=O) groups is 1. The molecule has 0 aromatic heterocycles. The molecule has 1 aromatic rings. The number of hydrogen-bond acceptors (Lipinski definition) is 1. The van der Waals surface area contributed by atoms with Crippen LogP contribution in [0.3, 0.4) is 0 Å². The Kier molecular flexibility index (Phi) is 3.33. The largest absolute Gasteiger partial charge is 0.346 e. The molecule has 2 rings (SSSR count). The smallest absolute Gasteiger partial charge is 0.223 e. The van der Waals surface area contributed by atoms with Gasteiger partial charge in [-0.3, -0.25) is 4.79 Å². The number of alkyl halides is 1. The minimum Gasteiger partial charge on any atom is -0.346 e. The molecule has 1 amide bonds. The second-order valence-electron chi connectivity index (χ2n) is 4.60. The van der Waals surface area contributed by atoms with E-state index in [4.69, 9.17) is 0 Å². The molecule has 0 radical (unpaired) electrons. The third-order valence-corrected chi connectivity index (χ3v) is 4.15. The van der Waals surface area contributed by atoms with E-state index in [9.17, 15) is 4.79 Å². The van der Waals surface area contributed by atoms with E-state index in [1.165, 1.54) is 0 Å². The Morgan fingerprint density at radius 1 is 1.44 bits per heavy atom.